The smallest absolute Gasteiger partial charge is 0.118 e. The summed E-state index contributed by atoms with van der Waals surface area (Å²) in [6.45, 7) is 8.54. The topological polar surface area (TPSA) is 33.3 Å². The van der Waals surface area contributed by atoms with Crippen LogP contribution in [0, 0.1) is 0 Å². The molecule has 0 aromatic carbocycles. The quantitative estimate of drug-likeness (QED) is 0.763. The van der Waals surface area contributed by atoms with Crippen molar-refractivity contribution >= 4 is 12.4 Å². The van der Waals surface area contributed by atoms with E-state index in [1.54, 1.807) is 0 Å². The van der Waals surface area contributed by atoms with Crippen LogP contribution in [0.4, 0.5) is 0 Å². The number of rotatable bonds is 2. The molecule has 15 heavy (non-hydrogen) atoms. The van der Waals surface area contributed by atoms with Crippen LogP contribution in [0.2, 0.25) is 0 Å². The van der Waals surface area contributed by atoms with Gasteiger partial charge in [-0.1, -0.05) is 0 Å². The second-order valence-electron chi connectivity index (χ2n) is 5.53. The van der Waals surface area contributed by atoms with Crippen LogP contribution in [-0.2, 0) is 4.74 Å². The van der Waals surface area contributed by atoms with Gasteiger partial charge in [-0.25, -0.2) is 0 Å². The second-order valence-corrected chi connectivity index (χ2v) is 5.53. The predicted molar refractivity (Wildman–Crippen MR) is 64.5 cm³/mol. The van der Waals surface area contributed by atoms with Gasteiger partial charge in [0, 0.05) is 18.0 Å². The Morgan fingerprint density at radius 2 is 2.07 bits per heavy atom. The lowest BCUT2D eigenvalue weighted by molar-refractivity contribution is -0.00721. The van der Waals surface area contributed by atoms with Gasteiger partial charge in [-0.2, -0.15) is 0 Å². The van der Waals surface area contributed by atoms with Crippen molar-refractivity contribution in [2.45, 2.75) is 57.3 Å². The number of ether oxygens (including phenoxy) is 1. The molecule has 0 spiro atoms. The molecule has 0 radical (unpaired) electrons. The van der Waals surface area contributed by atoms with Crippen LogP contribution >= 0.6 is 12.4 Å². The Labute approximate surface area is 98.7 Å². The first kappa shape index (κ1) is 13.2. The summed E-state index contributed by atoms with van der Waals surface area (Å²) in [7, 11) is 0. The van der Waals surface area contributed by atoms with E-state index < -0.39 is 0 Å². The molecule has 0 aliphatic carbocycles. The highest BCUT2D eigenvalue weighted by molar-refractivity contribution is 5.85. The normalized spacial score (nSPS) is 39.0. The highest BCUT2D eigenvalue weighted by atomic mass is 35.5. The Morgan fingerprint density at radius 1 is 1.33 bits per heavy atom. The lowest BCUT2D eigenvalue weighted by Gasteiger charge is -2.29. The molecule has 2 atom stereocenters. The third kappa shape index (κ3) is 3.31. The van der Waals surface area contributed by atoms with Gasteiger partial charge in [-0.15, -0.1) is 12.4 Å². The highest BCUT2D eigenvalue weighted by Crippen LogP contribution is 2.28. The summed E-state index contributed by atoms with van der Waals surface area (Å²) in [5, 5.41) is 7.09. The zero-order valence-electron chi connectivity index (χ0n) is 9.93. The first-order chi connectivity index (χ1) is 6.49. The lowest BCUT2D eigenvalue weighted by Crippen LogP contribution is -2.49. The molecule has 2 heterocycles. The summed E-state index contributed by atoms with van der Waals surface area (Å²) >= 11 is 0. The summed E-state index contributed by atoms with van der Waals surface area (Å²) in [6, 6.07) is 0.640. The van der Waals surface area contributed by atoms with Crippen molar-refractivity contribution < 1.29 is 4.74 Å². The maximum atomic E-state index is 5.87. The minimum atomic E-state index is -0.120. The van der Waals surface area contributed by atoms with E-state index in [1.807, 2.05) is 0 Å². The summed E-state index contributed by atoms with van der Waals surface area (Å²) < 4.78 is 5.87. The zero-order valence-corrected chi connectivity index (χ0v) is 10.7. The minimum absolute atomic E-state index is 0. The molecule has 2 rings (SSSR count). The number of hydrogen-bond donors (Lipinski definition) is 2. The number of halogens is 1. The van der Waals surface area contributed by atoms with E-state index in [0.717, 1.165) is 13.0 Å². The van der Waals surface area contributed by atoms with E-state index in [9.17, 15) is 0 Å². The van der Waals surface area contributed by atoms with E-state index in [1.165, 1.54) is 19.4 Å². The standard InChI is InChI=1S/C11H22N2O.ClH/c1-10(2)8-14-11(3,13-10)7-9-5-4-6-12-9;/h9,12-13H,4-8H2,1-3H3;1H. The van der Waals surface area contributed by atoms with Gasteiger partial charge >= 0.3 is 0 Å². The van der Waals surface area contributed by atoms with Gasteiger partial charge in [-0.3, -0.25) is 5.32 Å². The Balaban J connectivity index is 0.00000112. The van der Waals surface area contributed by atoms with Crippen LogP contribution in [0.25, 0.3) is 0 Å². The van der Waals surface area contributed by atoms with Gasteiger partial charge in [0.1, 0.15) is 5.72 Å². The van der Waals surface area contributed by atoms with Gasteiger partial charge < -0.3 is 10.1 Å². The van der Waals surface area contributed by atoms with Crippen LogP contribution in [0.5, 0.6) is 0 Å². The molecule has 0 bridgehead atoms. The Morgan fingerprint density at radius 3 is 2.53 bits per heavy atom. The fraction of sp³-hybridized carbons (Fsp3) is 1.00. The molecule has 0 aromatic heterocycles. The summed E-state index contributed by atoms with van der Waals surface area (Å²) in [5.41, 5.74) is 0.0128. The van der Waals surface area contributed by atoms with Crippen molar-refractivity contribution in [1.82, 2.24) is 10.6 Å². The fourth-order valence-corrected chi connectivity index (χ4v) is 2.64. The van der Waals surface area contributed by atoms with Gasteiger partial charge in [0.15, 0.2) is 0 Å². The van der Waals surface area contributed by atoms with E-state index in [0.29, 0.717) is 6.04 Å². The predicted octanol–water partition coefficient (Wildman–Crippen LogP) is 1.66. The van der Waals surface area contributed by atoms with E-state index >= 15 is 0 Å². The monoisotopic (exact) mass is 234 g/mol. The maximum absolute atomic E-state index is 5.87. The summed E-state index contributed by atoms with van der Waals surface area (Å²) in [5.74, 6) is 0. The van der Waals surface area contributed by atoms with Gasteiger partial charge in [-0.05, 0) is 40.2 Å². The largest absolute Gasteiger partial charge is 0.359 e. The molecular weight excluding hydrogens is 212 g/mol. The average Bonchev–Trinajstić information content (AvgIpc) is 2.60. The molecule has 4 heteroatoms. The van der Waals surface area contributed by atoms with Gasteiger partial charge in [0.2, 0.25) is 0 Å². The zero-order chi connectivity index (χ0) is 10.2. The van der Waals surface area contributed by atoms with Gasteiger partial charge in [0.05, 0.1) is 6.61 Å². The van der Waals surface area contributed by atoms with Crippen molar-refractivity contribution in [2.24, 2.45) is 0 Å². The molecule has 2 fully saturated rings. The third-order valence-electron chi connectivity index (χ3n) is 3.15. The molecular formula is C11H23ClN2O. The van der Waals surface area contributed by atoms with Crippen molar-refractivity contribution in [3.05, 3.63) is 0 Å². The number of hydrogen-bond acceptors (Lipinski definition) is 3. The molecule has 90 valence electrons. The van der Waals surface area contributed by atoms with E-state index in [4.69, 9.17) is 4.74 Å². The van der Waals surface area contributed by atoms with Crippen LogP contribution in [0.3, 0.4) is 0 Å². The Bertz CT molecular complexity index is 217. The molecule has 2 saturated heterocycles. The molecule has 0 aromatic rings. The maximum Gasteiger partial charge on any atom is 0.118 e. The number of nitrogens with one attached hydrogen (secondary N) is 2. The molecule has 0 saturated carbocycles. The minimum Gasteiger partial charge on any atom is -0.359 e. The van der Waals surface area contributed by atoms with Crippen molar-refractivity contribution in [1.29, 1.82) is 0 Å². The van der Waals surface area contributed by atoms with Crippen molar-refractivity contribution in [2.75, 3.05) is 13.2 Å². The molecule has 2 unspecified atom stereocenters. The van der Waals surface area contributed by atoms with Crippen LogP contribution in [0.1, 0.15) is 40.0 Å². The highest BCUT2D eigenvalue weighted by Gasteiger charge is 2.41. The Hall–Kier alpha value is 0.170. The van der Waals surface area contributed by atoms with Crippen LogP contribution < -0.4 is 10.6 Å². The summed E-state index contributed by atoms with van der Waals surface area (Å²) in [6.07, 6.45) is 3.68. The van der Waals surface area contributed by atoms with Crippen LogP contribution in [-0.4, -0.2) is 30.5 Å². The SMILES string of the molecule is CC1(C)COC(C)(CC2CCCN2)N1.Cl. The molecule has 2 N–H and O–H groups in total. The Kier molecular flexibility index (Phi) is 4.04. The molecule has 2 aliphatic heterocycles. The van der Waals surface area contributed by atoms with E-state index in [2.05, 4.69) is 31.4 Å². The van der Waals surface area contributed by atoms with Crippen molar-refractivity contribution in [3.63, 3.8) is 0 Å². The second kappa shape index (κ2) is 4.58. The lowest BCUT2D eigenvalue weighted by atomic mass is 10.0. The van der Waals surface area contributed by atoms with Crippen LogP contribution in [0.15, 0.2) is 0 Å². The molecule has 3 nitrogen and oxygen atoms in total. The van der Waals surface area contributed by atoms with Gasteiger partial charge in [0.25, 0.3) is 0 Å². The molecule has 0 amide bonds. The average molecular weight is 235 g/mol. The third-order valence-corrected chi connectivity index (χ3v) is 3.15. The first-order valence-electron chi connectivity index (χ1n) is 5.66. The molecule has 2 aliphatic rings. The van der Waals surface area contributed by atoms with Crippen molar-refractivity contribution in [3.8, 4) is 0 Å². The van der Waals surface area contributed by atoms with E-state index in [-0.39, 0.29) is 23.7 Å². The fourth-order valence-electron chi connectivity index (χ4n) is 2.64. The summed E-state index contributed by atoms with van der Waals surface area (Å²) in [4.78, 5) is 0. The first-order valence-corrected chi connectivity index (χ1v) is 5.66.